The fourth-order valence-electron chi connectivity index (χ4n) is 4.12. The topological polar surface area (TPSA) is 74.4 Å². The van der Waals surface area contributed by atoms with Crippen molar-refractivity contribution in [1.82, 2.24) is 0 Å². The standard InChI is InChI=1S/C28H38N2O3/c1-17-9-19(25(31)21(11-17)27(3,4)5)13-29-23-15-33-16-24(23)30-14-20-10-18(2)12-22(26(20)32)28(6,7)8/h9-14,23-24,31-32H,15-16H2,1-8H3. The first kappa shape index (κ1) is 25.0. The summed E-state index contributed by atoms with van der Waals surface area (Å²) in [5.74, 6) is 0.547. The summed E-state index contributed by atoms with van der Waals surface area (Å²) < 4.78 is 5.66. The van der Waals surface area contributed by atoms with E-state index < -0.39 is 0 Å². The molecule has 0 spiro atoms. The molecule has 1 aliphatic heterocycles. The van der Waals surface area contributed by atoms with Gasteiger partial charge in [0.05, 0.1) is 25.3 Å². The van der Waals surface area contributed by atoms with Crippen molar-refractivity contribution in [3.8, 4) is 11.5 Å². The zero-order valence-corrected chi connectivity index (χ0v) is 21.2. The molecule has 33 heavy (non-hydrogen) atoms. The quantitative estimate of drug-likeness (QED) is 0.594. The lowest BCUT2D eigenvalue weighted by molar-refractivity contribution is 0.191. The number of rotatable bonds is 4. The summed E-state index contributed by atoms with van der Waals surface area (Å²) in [6, 6.07) is 7.65. The Hall–Kier alpha value is -2.66. The minimum absolute atomic E-state index is 0.145. The molecule has 0 amide bonds. The normalized spacial score (nSPS) is 19.8. The first-order chi connectivity index (χ1) is 15.3. The van der Waals surface area contributed by atoms with Crippen LogP contribution in [0.25, 0.3) is 0 Å². The van der Waals surface area contributed by atoms with Gasteiger partial charge in [-0.05, 0) is 47.9 Å². The molecule has 0 radical (unpaired) electrons. The van der Waals surface area contributed by atoms with E-state index in [1.54, 1.807) is 12.4 Å². The van der Waals surface area contributed by atoms with Gasteiger partial charge in [0, 0.05) is 34.7 Å². The molecule has 2 aromatic carbocycles. The second-order valence-electron chi connectivity index (χ2n) is 11.2. The third-order valence-corrected chi connectivity index (χ3v) is 6.02. The number of aromatic hydroxyl groups is 2. The van der Waals surface area contributed by atoms with Crippen LogP contribution in [0.1, 0.15) is 74.9 Å². The molecule has 2 unspecified atom stereocenters. The Labute approximate surface area is 198 Å². The largest absolute Gasteiger partial charge is 0.507 e. The van der Waals surface area contributed by atoms with E-state index in [0.29, 0.717) is 24.3 Å². The number of ether oxygens (including phenoxy) is 1. The highest BCUT2D eigenvalue weighted by atomic mass is 16.5. The van der Waals surface area contributed by atoms with E-state index in [2.05, 4.69) is 41.5 Å². The second kappa shape index (κ2) is 9.30. The van der Waals surface area contributed by atoms with Gasteiger partial charge < -0.3 is 14.9 Å². The molecule has 0 aromatic heterocycles. The first-order valence-corrected chi connectivity index (χ1v) is 11.6. The van der Waals surface area contributed by atoms with Gasteiger partial charge in [0.1, 0.15) is 11.5 Å². The van der Waals surface area contributed by atoms with Crippen molar-refractivity contribution in [2.45, 2.75) is 78.3 Å². The number of hydrogen-bond acceptors (Lipinski definition) is 5. The highest BCUT2D eigenvalue weighted by molar-refractivity contribution is 5.86. The van der Waals surface area contributed by atoms with Crippen LogP contribution in [0.5, 0.6) is 11.5 Å². The predicted molar refractivity (Wildman–Crippen MR) is 137 cm³/mol. The third-order valence-electron chi connectivity index (χ3n) is 6.02. The van der Waals surface area contributed by atoms with Crippen molar-refractivity contribution < 1.29 is 14.9 Å². The molecule has 1 saturated heterocycles. The lowest BCUT2D eigenvalue weighted by atomic mass is 9.84. The van der Waals surface area contributed by atoms with Gasteiger partial charge in [0.25, 0.3) is 0 Å². The summed E-state index contributed by atoms with van der Waals surface area (Å²) in [5, 5.41) is 21.6. The molecule has 5 nitrogen and oxygen atoms in total. The van der Waals surface area contributed by atoms with Gasteiger partial charge >= 0.3 is 0 Å². The molecule has 178 valence electrons. The molecule has 1 heterocycles. The van der Waals surface area contributed by atoms with E-state index in [9.17, 15) is 10.2 Å². The number of nitrogens with zero attached hydrogens (tertiary/aromatic N) is 2. The van der Waals surface area contributed by atoms with Gasteiger partial charge in [-0.3, -0.25) is 9.98 Å². The summed E-state index contributed by atoms with van der Waals surface area (Å²) in [6.07, 6.45) is 3.47. The Bertz CT molecular complexity index is 987. The maximum absolute atomic E-state index is 10.8. The van der Waals surface area contributed by atoms with Gasteiger partial charge in [-0.1, -0.05) is 53.7 Å². The predicted octanol–water partition coefficient (Wildman–Crippen LogP) is 5.62. The Morgan fingerprint density at radius 3 is 1.42 bits per heavy atom. The van der Waals surface area contributed by atoms with E-state index in [1.165, 1.54) is 0 Å². The van der Waals surface area contributed by atoms with Crippen molar-refractivity contribution >= 4 is 12.4 Å². The van der Waals surface area contributed by atoms with Crippen molar-refractivity contribution in [1.29, 1.82) is 0 Å². The lowest BCUT2D eigenvalue weighted by Gasteiger charge is -2.22. The zero-order chi connectivity index (χ0) is 24.6. The third kappa shape index (κ3) is 5.83. The molecule has 2 aromatic rings. The molecule has 2 atom stereocenters. The van der Waals surface area contributed by atoms with E-state index >= 15 is 0 Å². The fourth-order valence-corrected chi connectivity index (χ4v) is 4.12. The van der Waals surface area contributed by atoms with Crippen LogP contribution in [0.4, 0.5) is 0 Å². The van der Waals surface area contributed by atoms with Crippen LogP contribution in [0.15, 0.2) is 34.3 Å². The van der Waals surface area contributed by atoms with Gasteiger partial charge in [-0.25, -0.2) is 0 Å². The minimum atomic E-state index is -0.163. The first-order valence-electron chi connectivity index (χ1n) is 11.6. The van der Waals surface area contributed by atoms with Crippen molar-refractivity contribution in [3.63, 3.8) is 0 Å². The Morgan fingerprint density at radius 2 is 1.09 bits per heavy atom. The van der Waals surface area contributed by atoms with Crippen LogP contribution in [0, 0.1) is 13.8 Å². The Kier molecular flexibility index (Phi) is 7.04. The molecule has 3 rings (SSSR count). The molecule has 0 bridgehead atoms. The number of benzene rings is 2. The summed E-state index contributed by atoms with van der Waals surface area (Å²) in [5.41, 5.74) is 5.08. The smallest absolute Gasteiger partial charge is 0.128 e. The monoisotopic (exact) mass is 450 g/mol. The number of phenols is 2. The maximum atomic E-state index is 10.8. The second-order valence-corrected chi connectivity index (χ2v) is 11.2. The van der Waals surface area contributed by atoms with Crippen LogP contribution in [-0.2, 0) is 15.6 Å². The summed E-state index contributed by atoms with van der Waals surface area (Å²) in [6.45, 7) is 17.5. The van der Waals surface area contributed by atoms with Crippen LogP contribution in [-0.4, -0.2) is 47.9 Å². The van der Waals surface area contributed by atoms with Crippen LogP contribution in [0.2, 0.25) is 0 Å². The molecule has 5 heteroatoms. The summed E-state index contributed by atoms with van der Waals surface area (Å²) in [7, 11) is 0. The fraction of sp³-hybridized carbons (Fsp3) is 0.500. The summed E-state index contributed by atoms with van der Waals surface area (Å²) in [4.78, 5) is 9.45. The average molecular weight is 451 g/mol. The number of hydrogen-bond donors (Lipinski definition) is 2. The maximum Gasteiger partial charge on any atom is 0.128 e. The minimum Gasteiger partial charge on any atom is -0.507 e. The lowest BCUT2D eigenvalue weighted by Crippen LogP contribution is -2.21. The van der Waals surface area contributed by atoms with E-state index in [0.717, 1.165) is 22.3 Å². The molecular formula is C28H38N2O3. The van der Waals surface area contributed by atoms with Gasteiger partial charge in [0.2, 0.25) is 0 Å². The van der Waals surface area contributed by atoms with Crippen LogP contribution in [0.3, 0.4) is 0 Å². The Morgan fingerprint density at radius 1 is 0.727 bits per heavy atom. The van der Waals surface area contributed by atoms with Gasteiger partial charge in [0.15, 0.2) is 0 Å². The van der Waals surface area contributed by atoms with Crippen LogP contribution >= 0.6 is 0 Å². The number of aryl methyl sites for hydroxylation is 2. The number of phenolic OH excluding ortho intramolecular Hbond substituents is 2. The summed E-state index contributed by atoms with van der Waals surface area (Å²) >= 11 is 0. The van der Waals surface area contributed by atoms with Crippen LogP contribution < -0.4 is 0 Å². The molecule has 0 saturated carbocycles. The van der Waals surface area contributed by atoms with E-state index in [4.69, 9.17) is 14.7 Å². The molecule has 1 aliphatic rings. The highest BCUT2D eigenvalue weighted by Gasteiger charge is 2.27. The molecule has 0 aliphatic carbocycles. The molecule has 1 fully saturated rings. The van der Waals surface area contributed by atoms with E-state index in [1.807, 2.05) is 38.1 Å². The SMILES string of the molecule is Cc1cc(C=NC2COCC2N=Cc2cc(C)cc(C(C)(C)C)c2O)c(O)c(C(C)(C)C)c1. The van der Waals surface area contributed by atoms with Crippen molar-refractivity contribution in [2.24, 2.45) is 9.98 Å². The highest BCUT2D eigenvalue weighted by Crippen LogP contribution is 2.35. The average Bonchev–Trinajstić information content (AvgIpc) is 3.14. The number of aliphatic imine (C=N–C) groups is 2. The Balaban J connectivity index is 1.85. The van der Waals surface area contributed by atoms with E-state index in [-0.39, 0.29) is 34.4 Å². The van der Waals surface area contributed by atoms with Gasteiger partial charge in [-0.2, -0.15) is 0 Å². The van der Waals surface area contributed by atoms with Gasteiger partial charge in [-0.15, -0.1) is 0 Å². The molecule has 2 N–H and O–H groups in total. The zero-order valence-electron chi connectivity index (χ0n) is 21.2. The molecular weight excluding hydrogens is 412 g/mol. The van der Waals surface area contributed by atoms with Crippen molar-refractivity contribution in [2.75, 3.05) is 13.2 Å². The van der Waals surface area contributed by atoms with Crippen molar-refractivity contribution in [3.05, 3.63) is 57.6 Å².